The van der Waals surface area contributed by atoms with Crippen LogP contribution in [0, 0.1) is 0 Å². The Hall–Kier alpha value is -0.380. The lowest BCUT2D eigenvalue weighted by atomic mass is 10.1. The van der Waals surface area contributed by atoms with E-state index in [4.69, 9.17) is 5.11 Å². The van der Waals surface area contributed by atoms with E-state index in [1.165, 1.54) is 5.56 Å². The van der Waals surface area contributed by atoms with Crippen molar-refractivity contribution in [2.45, 2.75) is 32.4 Å². The Bertz CT molecular complexity index is 301. The monoisotopic (exact) mass is 271 g/mol. The molecule has 0 aliphatic heterocycles. The van der Waals surface area contributed by atoms with Gasteiger partial charge in [-0.25, -0.2) is 0 Å². The molecule has 1 aromatic rings. The number of hydrogen-bond acceptors (Lipinski definition) is 2. The Morgan fingerprint density at radius 2 is 2.13 bits per heavy atom. The number of rotatable bonds is 5. The predicted molar refractivity (Wildman–Crippen MR) is 67.0 cm³/mol. The number of halogens is 1. The molecule has 0 spiro atoms. The lowest BCUT2D eigenvalue weighted by Crippen LogP contribution is -2.33. The second-order valence-electron chi connectivity index (χ2n) is 3.99. The van der Waals surface area contributed by atoms with Crippen LogP contribution in [0.15, 0.2) is 28.7 Å². The van der Waals surface area contributed by atoms with Gasteiger partial charge in [-0.3, -0.25) is 0 Å². The van der Waals surface area contributed by atoms with Crippen molar-refractivity contribution in [1.82, 2.24) is 5.32 Å². The largest absolute Gasteiger partial charge is 0.392 e. The second-order valence-corrected chi connectivity index (χ2v) is 4.91. The highest BCUT2D eigenvalue weighted by atomic mass is 79.9. The predicted octanol–water partition coefficient (Wildman–Crippen LogP) is 2.35. The molecule has 0 bridgehead atoms. The minimum atomic E-state index is -0.282. The van der Waals surface area contributed by atoms with Gasteiger partial charge in [-0.05, 0) is 38.0 Å². The van der Waals surface area contributed by atoms with E-state index in [0.717, 1.165) is 10.9 Å². The van der Waals surface area contributed by atoms with Crippen molar-refractivity contribution in [2.75, 3.05) is 6.54 Å². The third-order valence-electron chi connectivity index (χ3n) is 2.19. The zero-order valence-corrected chi connectivity index (χ0v) is 10.8. The van der Waals surface area contributed by atoms with Gasteiger partial charge in [0.05, 0.1) is 6.10 Å². The average molecular weight is 272 g/mol. The van der Waals surface area contributed by atoms with Crippen LogP contribution in [0.5, 0.6) is 0 Å². The molecule has 84 valence electrons. The molecule has 0 fully saturated rings. The number of benzene rings is 1. The molecular formula is C12H18BrNO. The summed E-state index contributed by atoms with van der Waals surface area (Å²) in [6, 6.07) is 8.69. The second kappa shape index (κ2) is 6.26. The molecule has 0 amide bonds. The van der Waals surface area contributed by atoms with Crippen LogP contribution in [0.2, 0.25) is 0 Å². The lowest BCUT2D eigenvalue weighted by Gasteiger charge is -2.15. The maximum absolute atomic E-state index is 9.14. The van der Waals surface area contributed by atoms with Crippen molar-refractivity contribution in [3.63, 3.8) is 0 Å². The van der Waals surface area contributed by atoms with Crippen molar-refractivity contribution in [2.24, 2.45) is 0 Å². The molecule has 0 aromatic heterocycles. The van der Waals surface area contributed by atoms with Gasteiger partial charge in [-0.15, -0.1) is 0 Å². The summed E-state index contributed by atoms with van der Waals surface area (Å²) in [4.78, 5) is 0. The molecule has 3 heteroatoms. The summed E-state index contributed by atoms with van der Waals surface area (Å²) in [5.41, 5.74) is 1.30. The van der Waals surface area contributed by atoms with Gasteiger partial charge in [0, 0.05) is 17.1 Å². The first kappa shape index (κ1) is 12.7. The van der Waals surface area contributed by atoms with Gasteiger partial charge in [-0.2, -0.15) is 0 Å². The number of nitrogens with one attached hydrogen (secondary N) is 1. The molecule has 0 aliphatic rings. The minimum absolute atomic E-state index is 0.282. The molecular weight excluding hydrogens is 254 g/mol. The van der Waals surface area contributed by atoms with Gasteiger partial charge >= 0.3 is 0 Å². The van der Waals surface area contributed by atoms with Gasteiger partial charge in [0.2, 0.25) is 0 Å². The Kier molecular flexibility index (Phi) is 5.29. The fraction of sp³-hybridized carbons (Fsp3) is 0.500. The molecule has 0 radical (unpaired) electrons. The number of aliphatic hydroxyl groups is 1. The van der Waals surface area contributed by atoms with Gasteiger partial charge in [0.1, 0.15) is 0 Å². The summed E-state index contributed by atoms with van der Waals surface area (Å²) in [5, 5.41) is 12.4. The normalized spacial score (nSPS) is 14.9. The van der Waals surface area contributed by atoms with E-state index in [2.05, 4.69) is 40.3 Å². The van der Waals surface area contributed by atoms with Gasteiger partial charge < -0.3 is 10.4 Å². The fourth-order valence-corrected chi connectivity index (χ4v) is 1.91. The molecule has 0 saturated carbocycles. The van der Waals surface area contributed by atoms with Crippen LogP contribution in [0.1, 0.15) is 19.4 Å². The maximum atomic E-state index is 9.14. The molecule has 1 aromatic carbocycles. The number of aliphatic hydroxyl groups excluding tert-OH is 1. The zero-order valence-electron chi connectivity index (χ0n) is 9.20. The molecule has 2 atom stereocenters. The third kappa shape index (κ3) is 5.30. The Morgan fingerprint density at radius 3 is 2.73 bits per heavy atom. The van der Waals surface area contributed by atoms with Crippen LogP contribution in [0.4, 0.5) is 0 Å². The summed E-state index contributed by atoms with van der Waals surface area (Å²) in [6.07, 6.45) is 0.696. The summed E-state index contributed by atoms with van der Waals surface area (Å²) in [7, 11) is 0. The topological polar surface area (TPSA) is 32.3 Å². The first-order chi connectivity index (χ1) is 7.08. The van der Waals surface area contributed by atoms with E-state index in [0.29, 0.717) is 12.6 Å². The van der Waals surface area contributed by atoms with E-state index in [1.54, 1.807) is 6.92 Å². The highest BCUT2D eigenvalue weighted by Gasteiger charge is 2.04. The highest BCUT2D eigenvalue weighted by molar-refractivity contribution is 9.10. The van der Waals surface area contributed by atoms with Crippen LogP contribution < -0.4 is 5.32 Å². The zero-order chi connectivity index (χ0) is 11.3. The fourth-order valence-electron chi connectivity index (χ4n) is 1.46. The van der Waals surface area contributed by atoms with E-state index < -0.39 is 0 Å². The molecule has 1 rings (SSSR count). The molecule has 1 unspecified atom stereocenters. The van der Waals surface area contributed by atoms with Crippen LogP contribution in [0.25, 0.3) is 0 Å². The minimum Gasteiger partial charge on any atom is -0.392 e. The maximum Gasteiger partial charge on any atom is 0.0636 e. The lowest BCUT2D eigenvalue weighted by molar-refractivity contribution is 0.187. The first-order valence-electron chi connectivity index (χ1n) is 5.24. The molecule has 2 N–H and O–H groups in total. The molecule has 0 heterocycles. The van der Waals surface area contributed by atoms with E-state index >= 15 is 0 Å². The SMILES string of the molecule is CC(Cc1cccc(Br)c1)NC[C@@H](C)O. The average Bonchev–Trinajstić information content (AvgIpc) is 2.15. The summed E-state index contributed by atoms with van der Waals surface area (Å²) < 4.78 is 1.11. The van der Waals surface area contributed by atoms with Crippen molar-refractivity contribution < 1.29 is 5.11 Å². The van der Waals surface area contributed by atoms with Crippen LogP contribution in [0.3, 0.4) is 0 Å². The van der Waals surface area contributed by atoms with Gasteiger partial charge in [0.15, 0.2) is 0 Å². The van der Waals surface area contributed by atoms with Crippen molar-refractivity contribution >= 4 is 15.9 Å². The third-order valence-corrected chi connectivity index (χ3v) is 2.69. The van der Waals surface area contributed by atoms with Crippen LogP contribution >= 0.6 is 15.9 Å². The van der Waals surface area contributed by atoms with Crippen molar-refractivity contribution in [3.05, 3.63) is 34.3 Å². The van der Waals surface area contributed by atoms with Crippen LogP contribution in [-0.2, 0) is 6.42 Å². The number of hydrogen-bond donors (Lipinski definition) is 2. The van der Waals surface area contributed by atoms with Crippen molar-refractivity contribution in [3.8, 4) is 0 Å². The van der Waals surface area contributed by atoms with Crippen LogP contribution in [-0.4, -0.2) is 23.8 Å². The Morgan fingerprint density at radius 1 is 1.40 bits per heavy atom. The summed E-state index contributed by atoms with van der Waals surface area (Å²) >= 11 is 3.45. The standard InChI is InChI=1S/C12H18BrNO/c1-9(14-8-10(2)15)6-11-4-3-5-12(13)7-11/h3-5,7,9-10,14-15H,6,8H2,1-2H3/t9?,10-/m1/s1. The quantitative estimate of drug-likeness (QED) is 0.862. The highest BCUT2D eigenvalue weighted by Crippen LogP contribution is 2.12. The van der Waals surface area contributed by atoms with E-state index in [9.17, 15) is 0 Å². The van der Waals surface area contributed by atoms with Gasteiger partial charge in [0.25, 0.3) is 0 Å². The van der Waals surface area contributed by atoms with E-state index in [1.807, 2.05) is 12.1 Å². The molecule has 2 nitrogen and oxygen atoms in total. The summed E-state index contributed by atoms with van der Waals surface area (Å²) in [5.74, 6) is 0. The van der Waals surface area contributed by atoms with Crippen molar-refractivity contribution in [1.29, 1.82) is 0 Å². The first-order valence-corrected chi connectivity index (χ1v) is 6.03. The molecule has 0 saturated heterocycles. The Balaban J connectivity index is 2.40. The Labute approximate surface area is 99.8 Å². The molecule has 0 aliphatic carbocycles. The van der Waals surface area contributed by atoms with Gasteiger partial charge in [-0.1, -0.05) is 28.1 Å². The molecule has 15 heavy (non-hydrogen) atoms. The van der Waals surface area contributed by atoms with E-state index in [-0.39, 0.29) is 6.10 Å². The smallest absolute Gasteiger partial charge is 0.0636 e. The summed E-state index contributed by atoms with van der Waals surface area (Å²) in [6.45, 7) is 4.57.